The summed E-state index contributed by atoms with van der Waals surface area (Å²) in [4.78, 5) is 12.4. The van der Waals surface area contributed by atoms with E-state index in [0.717, 1.165) is 5.69 Å². The minimum Gasteiger partial charge on any atom is -0.288 e. The molecule has 0 radical (unpaired) electrons. The van der Waals surface area contributed by atoms with Crippen LogP contribution < -0.4 is 0 Å². The smallest absolute Gasteiger partial charge is 0.197 e. The van der Waals surface area contributed by atoms with E-state index in [0.29, 0.717) is 5.56 Å². The molecule has 0 saturated carbocycles. The van der Waals surface area contributed by atoms with E-state index in [1.807, 2.05) is 30.3 Å². The molecule has 2 aromatic carbocycles. The first-order valence-electron chi connectivity index (χ1n) is 6.25. The summed E-state index contributed by atoms with van der Waals surface area (Å²) in [6.45, 7) is 0. The van der Waals surface area contributed by atoms with Gasteiger partial charge in [-0.3, -0.25) is 4.79 Å². The zero-order valence-corrected chi connectivity index (χ0v) is 11.6. The van der Waals surface area contributed by atoms with Crippen molar-refractivity contribution in [1.82, 2.24) is 9.78 Å². The Morgan fingerprint density at radius 3 is 2.62 bits per heavy atom. The van der Waals surface area contributed by atoms with Crippen molar-refractivity contribution in [3.8, 4) is 5.69 Å². The van der Waals surface area contributed by atoms with E-state index >= 15 is 0 Å². The Morgan fingerprint density at radius 2 is 1.86 bits per heavy atom. The van der Waals surface area contributed by atoms with Gasteiger partial charge in [-0.2, -0.15) is 5.10 Å². The van der Waals surface area contributed by atoms with Crippen molar-refractivity contribution in [1.29, 1.82) is 0 Å². The van der Waals surface area contributed by atoms with Crippen LogP contribution in [0.2, 0.25) is 5.02 Å². The van der Waals surface area contributed by atoms with Crippen LogP contribution in [-0.2, 0) is 0 Å². The van der Waals surface area contributed by atoms with Gasteiger partial charge in [0.25, 0.3) is 0 Å². The largest absolute Gasteiger partial charge is 0.288 e. The first-order valence-corrected chi connectivity index (χ1v) is 6.63. The number of benzene rings is 2. The minimum absolute atomic E-state index is 0.129. The van der Waals surface area contributed by atoms with Gasteiger partial charge in [0.15, 0.2) is 5.78 Å². The summed E-state index contributed by atoms with van der Waals surface area (Å²) >= 11 is 5.84. The first kappa shape index (κ1) is 13.5. The maximum absolute atomic E-state index is 13.4. The SMILES string of the molecule is O=C(c1cnn(-c2ccccc2)c1)c1cccc(F)c1Cl. The van der Waals surface area contributed by atoms with Gasteiger partial charge in [-0.15, -0.1) is 0 Å². The standard InChI is InChI=1S/C16H10ClFN2O/c17-15-13(7-4-8-14(15)18)16(21)11-9-19-20(10-11)12-5-2-1-3-6-12/h1-10H. The molecule has 3 rings (SSSR count). The molecule has 0 bridgehead atoms. The number of carbonyl (C=O) groups excluding carboxylic acids is 1. The zero-order valence-electron chi connectivity index (χ0n) is 10.8. The maximum Gasteiger partial charge on any atom is 0.197 e. The Balaban J connectivity index is 1.97. The third-order valence-electron chi connectivity index (χ3n) is 3.06. The fourth-order valence-electron chi connectivity index (χ4n) is 2.00. The van der Waals surface area contributed by atoms with E-state index < -0.39 is 5.82 Å². The molecule has 1 aromatic heterocycles. The molecule has 0 N–H and O–H groups in total. The van der Waals surface area contributed by atoms with Crippen molar-refractivity contribution in [2.45, 2.75) is 0 Å². The summed E-state index contributed by atoms with van der Waals surface area (Å²) in [7, 11) is 0. The second-order valence-electron chi connectivity index (χ2n) is 4.44. The lowest BCUT2D eigenvalue weighted by molar-refractivity contribution is 0.103. The Morgan fingerprint density at radius 1 is 1.10 bits per heavy atom. The van der Waals surface area contributed by atoms with Crippen LogP contribution in [-0.4, -0.2) is 15.6 Å². The van der Waals surface area contributed by atoms with E-state index in [1.165, 1.54) is 24.4 Å². The lowest BCUT2D eigenvalue weighted by Gasteiger charge is -2.02. The van der Waals surface area contributed by atoms with Crippen molar-refractivity contribution < 1.29 is 9.18 Å². The van der Waals surface area contributed by atoms with Gasteiger partial charge in [-0.05, 0) is 24.3 Å². The van der Waals surface area contributed by atoms with Crippen molar-refractivity contribution in [3.63, 3.8) is 0 Å². The Labute approximate surface area is 125 Å². The molecule has 0 aliphatic rings. The predicted octanol–water partition coefficient (Wildman–Crippen LogP) is 3.90. The normalized spacial score (nSPS) is 10.6. The monoisotopic (exact) mass is 300 g/mol. The second-order valence-corrected chi connectivity index (χ2v) is 4.82. The summed E-state index contributed by atoms with van der Waals surface area (Å²) in [5, 5.41) is 3.97. The van der Waals surface area contributed by atoms with Crippen LogP contribution in [0.1, 0.15) is 15.9 Å². The van der Waals surface area contributed by atoms with Gasteiger partial charge < -0.3 is 0 Å². The van der Waals surface area contributed by atoms with Gasteiger partial charge in [0, 0.05) is 11.8 Å². The molecule has 0 spiro atoms. The van der Waals surface area contributed by atoms with Crippen molar-refractivity contribution >= 4 is 17.4 Å². The molecule has 0 aliphatic heterocycles. The second kappa shape index (κ2) is 5.50. The zero-order chi connectivity index (χ0) is 14.8. The van der Waals surface area contributed by atoms with Gasteiger partial charge in [-0.1, -0.05) is 35.9 Å². The number of hydrogen-bond donors (Lipinski definition) is 0. The predicted molar refractivity (Wildman–Crippen MR) is 78.4 cm³/mol. The number of aromatic nitrogens is 2. The number of halogens is 2. The number of hydrogen-bond acceptors (Lipinski definition) is 2. The Hall–Kier alpha value is -2.46. The van der Waals surface area contributed by atoms with E-state index in [2.05, 4.69) is 5.10 Å². The molecule has 5 heteroatoms. The molecule has 104 valence electrons. The van der Waals surface area contributed by atoms with Crippen LogP contribution in [0.4, 0.5) is 4.39 Å². The van der Waals surface area contributed by atoms with Crippen molar-refractivity contribution in [2.75, 3.05) is 0 Å². The fraction of sp³-hybridized carbons (Fsp3) is 0. The van der Waals surface area contributed by atoms with Crippen LogP contribution in [0, 0.1) is 5.82 Å². The molecule has 0 saturated heterocycles. The fourth-order valence-corrected chi connectivity index (χ4v) is 2.21. The average molecular weight is 301 g/mol. The third-order valence-corrected chi connectivity index (χ3v) is 3.45. The van der Waals surface area contributed by atoms with E-state index in [-0.39, 0.29) is 16.4 Å². The van der Waals surface area contributed by atoms with Crippen LogP contribution in [0.25, 0.3) is 5.69 Å². The number of rotatable bonds is 3. The van der Waals surface area contributed by atoms with Crippen LogP contribution in [0.15, 0.2) is 60.9 Å². The first-order chi connectivity index (χ1) is 10.2. The molecule has 3 aromatic rings. The highest BCUT2D eigenvalue weighted by Crippen LogP contribution is 2.22. The lowest BCUT2D eigenvalue weighted by Crippen LogP contribution is -2.02. The van der Waals surface area contributed by atoms with Gasteiger partial charge in [0.2, 0.25) is 0 Å². The third kappa shape index (κ3) is 2.58. The molecular formula is C16H10ClFN2O. The molecule has 0 atom stereocenters. The molecule has 0 aliphatic carbocycles. The molecule has 0 fully saturated rings. The highest BCUT2D eigenvalue weighted by atomic mass is 35.5. The summed E-state index contributed by atoms with van der Waals surface area (Å²) in [5.41, 5.74) is 1.32. The minimum atomic E-state index is -0.613. The van der Waals surface area contributed by atoms with Crippen LogP contribution >= 0.6 is 11.6 Å². The Bertz CT molecular complexity index is 799. The highest BCUT2D eigenvalue weighted by Gasteiger charge is 2.17. The molecule has 1 heterocycles. The summed E-state index contributed by atoms with van der Waals surface area (Å²) in [5.74, 6) is -0.973. The van der Waals surface area contributed by atoms with Crippen LogP contribution in [0.5, 0.6) is 0 Å². The van der Waals surface area contributed by atoms with Gasteiger partial charge >= 0.3 is 0 Å². The lowest BCUT2D eigenvalue weighted by atomic mass is 10.1. The molecular weight excluding hydrogens is 291 g/mol. The molecule has 21 heavy (non-hydrogen) atoms. The van der Waals surface area contributed by atoms with E-state index in [4.69, 9.17) is 11.6 Å². The number of para-hydroxylation sites is 1. The van der Waals surface area contributed by atoms with Crippen molar-refractivity contribution in [2.24, 2.45) is 0 Å². The number of ketones is 1. The maximum atomic E-state index is 13.4. The highest BCUT2D eigenvalue weighted by molar-refractivity contribution is 6.35. The Kier molecular flexibility index (Phi) is 3.54. The van der Waals surface area contributed by atoms with Crippen LogP contribution in [0.3, 0.4) is 0 Å². The quantitative estimate of drug-likeness (QED) is 0.688. The summed E-state index contributed by atoms with van der Waals surface area (Å²) in [6, 6.07) is 13.6. The topological polar surface area (TPSA) is 34.9 Å². The summed E-state index contributed by atoms with van der Waals surface area (Å²) < 4.78 is 15.0. The summed E-state index contributed by atoms with van der Waals surface area (Å²) in [6.07, 6.45) is 3.04. The van der Waals surface area contributed by atoms with Crippen molar-refractivity contribution in [3.05, 3.63) is 82.9 Å². The number of nitrogens with zero attached hydrogens (tertiary/aromatic N) is 2. The van der Waals surface area contributed by atoms with Gasteiger partial charge in [-0.25, -0.2) is 9.07 Å². The molecule has 3 nitrogen and oxygen atoms in total. The van der Waals surface area contributed by atoms with Gasteiger partial charge in [0.1, 0.15) is 5.82 Å². The molecule has 0 unspecified atom stereocenters. The average Bonchev–Trinajstić information content (AvgIpc) is 3.00. The van der Waals surface area contributed by atoms with E-state index in [1.54, 1.807) is 10.9 Å². The van der Waals surface area contributed by atoms with Gasteiger partial charge in [0.05, 0.1) is 22.5 Å². The number of carbonyl (C=O) groups is 1. The molecule has 0 amide bonds. The van der Waals surface area contributed by atoms with E-state index in [9.17, 15) is 9.18 Å².